The van der Waals surface area contributed by atoms with Crippen molar-refractivity contribution < 1.29 is 18.1 Å². The van der Waals surface area contributed by atoms with Crippen molar-refractivity contribution in [1.29, 1.82) is 5.26 Å². The summed E-state index contributed by atoms with van der Waals surface area (Å²) in [4.78, 5) is 25.9. The van der Waals surface area contributed by atoms with Gasteiger partial charge in [0.05, 0.1) is 22.7 Å². The number of nitro groups is 1. The minimum atomic E-state index is -4.25. The molecule has 0 bridgehead atoms. The highest BCUT2D eigenvalue weighted by molar-refractivity contribution is 7.89. The first-order valence-electron chi connectivity index (χ1n) is 12.7. The summed E-state index contributed by atoms with van der Waals surface area (Å²) in [6.45, 7) is 0.146. The van der Waals surface area contributed by atoms with Gasteiger partial charge < -0.3 is 5.32 Å². The second-order valence-corrected chi connectivity index (χ2v) is 11.3. The summed E-state index contributed by atoms with van der Waals surface area (Å²) < 4.78 is 28.4. The molecule has 196 valence electrons. The average Bonchev–Trinajstić information content (AvgIpc) is 3.18. The van der Waals surface area contributed by atoms with E-state index in [2.05, 4.69) is 11.4 Å². The molecule has 37 heavy (non-hydrogen) atoms. The molecule has 1 N–H and O–H groups in total. The minimum Gasteiger partial charge on any atom is -0.321 e. The summed E-state index contributed by atoms with van der Waals surface area (Å²) in [6.07, 6.45) is 6.61. The Morgan fingerprint density at radius 2 is 1.73 bits per heavy atom. The highest BCUT2D eigenvalue weighted by Gasteiger charge is 2.39. The van der Waals surface area contributed by atoms with Crippen LogP contribution in [0.15, 0.2) is 53.4 Å². The molecule has 0 spiro atoms. The summed E-state index contributed by atoms with van der Waals surface area (Å²) in [7, 11) is -4.25. The lowest BCUT2D eigenvalue weighted by Crippen LogP contribution is -2.57. The van der Waals surface area contributed by atoms with Crippen LogP contribution in [0.3, 0.4) is 0 Å². The van der Waals surface area contributed by atoms with Gasteiger partial charge in [0, 0.05) is 24.3 Å². The van der Waals surface area contributed by atoms with E-state index in [1.807, 2.05) is 0 Å². The molecule has 1 heterocycles. The number of nitrogens with one attached hydrogen (secondary N) is 1. The number of nitrogens with zero attached hydrogens (tertiary/aromatic N) is 4. The summed E-state index contributed by atoms with van der Waals surface area (Å²) in [5.74, 6) is 0. The van der Waals surface area contributed by atoms with Gasteiger partial charge in [-0.25, -0.2) is 13.2 Å². The summed E-state index contributed by atoms with van der Waals surface area (Å²) in [5, 5.41) is 23.9. The number of carbonyl (C=O) groups excluding carboxylic acids is 1. The van der Waals surface area contributed by atoms with Crippen LogP contribution in [-0.4, -0.2) is 42.4 Å². The number of carbonyl (C=O) groups is 1. The summed E-state index contributed by atoms with van der Waals surface area (Å²) >= 11 is 0. The molecule has 2 aromatic carbocycles. The third-order valence-electron chi connectivity index (χ3n) is 7.05. The topological polar surface area (TPSA) is 137 Å². The number of para-hydroxylation sites is 1. The number of sulfonamides is 1. The Balaban J connectivity index is 1.65. The molecule has 2 amide bonds. The van der Waals surface area contributed by atoms with Gasteiger partial charge in [-0.15, -0.1) is 0 Å². The number of hydrogen-bond acceptors (Lipinski definition) is 6. The van der Waals surface area contributed by atoms with Crippen LogP contribution in [0.2, 0.25) is 0 Å². The molecule has 1 atom stereocenters. The molecule has 1 aliphatic heterocycles. The van der Waals surface area contributed by atoms with Gasteiger partial charge in [0.2, 0.25) is 0 Å². The molecule has 2 fully saturated rings. The van der Waals surface area contributed by atoms with Crippen LogP contribution in [0.25, 0.3) is 0 Å². The molecule has 1 saturated heterocycles. The largest absolute Gasteiger partial charge is 0.323 e. The maximum absolute atomic E-state index is 13.8. The highest BCUT2D eigenvalue weighted by Crippen LogP contribution is 2.31. The number of hydrogen-bond donors (Lipinski definition) is 1. The molecule has 0 aromatic heterocycles. The lowest BCUT2D eigenvalue weighted by atomic mass is 10.1. The van der Waals surface area contributed by atoms with E-state index in [1.165, 1.54) is 28.6 Å². The molecule has 4 rings (SSSR count). The fraction of sp³-hybridized carbons (Fsp3) is 0.462. The molecule has 11 heteroatoms. The van der Waals surface area contributed by atoms with Crippen molar-refractivity contribution in [2.24, 2.45) is 0 Å². The van der Waals surface area contributed by atoms with Gasteiger partial charge in [0.25, 0.3) is 15.7 Å². The predicted molar refractivity (Wildman–Crippen MR) is 138 cm³/mol. The van der Waals surface area contributed by atoms with E-state index < -0.39 is 32.8 Å². The lowest BCUT2D eigenvalue weighted by molar-refractivity contribution is -0.387. The molecule has 1 saturated carbocycles. The SMILES string of the molecule is N#Cc1cccc(N(C(=O)NC2CCCCN2S(=O)(=O)c2ccccc2[N+](=O)[O-])C2CCCCCC2)c1. The number of amides is 2. The number of nitriles is 1. The maximum Gasteiger partial charge on any atom is 0.323 e. The van der Waals surface area contributed by atoms with Gasteiger partial charge in [-0.05, 0) is 56.4 Å². The van der Waals surface area contributed by atoms with Gasteiger partial charge in [-0.1, -0.05) is 43.9 Å². The Kier molecular flexibility index (Phi) is 8.41. The zero-order valence-electron chi connectivity index (χ0n) is 20.6. The van der Waals surface area contributed by atoms with Crippen molar-refractivity contribution in [1.82, 2.24) is 9.62 Å². The molecule has 0 radical (unpaired) electrons. The van der Waals surface area contributed by atoms with Crippen LogP contribution >= 0.6 is 0 Å². The Morgan fingerprint density at radius 1 is 1.03 bits per heavy atom. The van der Waals surface area contributed by atoms with E-state index in [4.69, 9.17) is 0 Å². The van der Waals surface area contributed by atoms with Crippen molar-refractivity contribution in [2.45, 2.75) is 74.9 Å². The predicted octanol–water partition coefficient (Wildman–Crippen LogP) is 4.91. The average molecular weight is 526 g/mol. The number of urea groups is 1. The fourth-order valence-electron chi connectivity index (χ4n) is 5.24. The first-order valence-corrected chi connectivity index (χ1v) is 14.1. The minimum absolute atomic E-state index is 0.0831. The van der Waals surface area contributed by atoms with Gasteiger partial charge in [-0.2, -0.15) is 9.57 Å². The molecule has 2 aromatic rings. The molecule has 1 unspecified atom stereocenters. The highest BCUT2D eigenvalue weighted by atomic mass is 32.2. The first-order chi connectivity index (χ1) is 17.8. The van der Waals surface area contributed by atoms with Gasteiger partial charge >= 0.3 is 6.03 Å². The normalized spacial score (nSPS) is 19.4. The standard InChI is InChI=1S/C26H31N5O5S/c27-19-20-10-9-13-22(18-20)30(21-11-3-1-2-4-12-21)26(32)28-25-16-7-8-17-29(25)37(35,36)24-15-6-5-14-23(24)31(33)34/h5-6,9-10,13-15,18,21,25H,1-4,7-8,11-12,16-17H2,(H,28,32). The number of benzene rings is 2. The van der Waals surface area contributed by atoms with Crippen LogP contribution in [0.5, 0.6) is 0 Å². The molecular weight excluding hydrogens is 494 g/mol. The maximum atomic E-state index is 13.8. The van der Waals surface area contributed by atoms with Crippen LogP contribution < -0.4 is 10.2 Å². The van der Waals surface area contributed by atoms with Crippen molar-refractivity contribution in [3.8, 4) is 6.07 Å². The number of piperidine rings is 1. The Bertz CT molecular complexity index is 1280. The summed E-state index contributed by atoms with van der Waals surface area (Å²) in [6, 6.07) is 13.7. The molecular formula is C26H31N5O5S. The van der Waals surface area contributed by atoms with Gasteiger partial charge in [0.1, 0.15) is 0 Å². The van der Waals surface area contributed by atoms with Crippen molar-refractivity contribution in [3.05, 3.63) is 64.2 Å². The third-order valence-corrected chi connectivity index (χ3v) is 9.01. The quantitative estimate of drug-likeness (QED) is 0.323. The monoisotopic (exact) mass is 525 g/mol. The number of nitro benzene ring substituents is 1. The first kappa shape index (κ1) is 26.6. The van der Waals surface area contributed by atoms with Crippen LogP contribution in [0, 0.1) is 21.4 Å². The van der Waals surface area contributed by atoms with Gasteiger partial charge in [0.15, 0.2) is 4.90 Å². The van der Waals surface area contributed by atoms with E-state index >= 15 is 0 Å². The van der Waals surface area contributed by atoms with Crippen LogP contribution in [0.1, 0.15) is 63.4 Å². The molecule has 2 aliphatic rings. The van der Waals surface area contributed by atoms with E-state index in [0.717, 1.165) is 38.5 Å². The van der Waals surface area contributed by atoms with Crippen molar-refractivity contribution in [3.63, 3.8) is 0 Å². The van der Waals surface area contributed by atoms with Crippen LogP contribution in [0.4, 0.5) is 16.2 Å². The molecule has 10 nitrogen and oxygen atoms in total. The number of anilines is 1. The Hall–Kier alpha value is -3.49. The van der Waals surface area contributed by atoms with Crippen molar-refractivity contribution in [2.75, 3.05) is 11.4 Å². The van der Waals surface area contributed by atoms with E-state index in [1.54, 1.807) is 29.2 Å². The van der Waals surface area contributed by atoms with E-state index in [-0.39, 0.29) is 17.5 Å². The van der Waals surface area contributed by atoms with Crippen LogP contribution in [-0.2, 0) is 10.0 Å². The van der Waals surface area contributed by atoms with Crippen molar-refractivity contribution >= 4 is 27.4 Å². The Labute approximate surface area is 217 Å². The fourth-order valence-corrected chi connectivity index (χ4v) is 7.01. The summed E-state index contributed by atoms with van der Waals surface area (Å²) in [5.41, 5.74) is 0.529. The van der Waals surface area contributed by atoms with E-state index in [0.29, 0.717) is 30.5 Å². The zero-order valence-corrected chi connectivity index (χ0v) is 21.4. The third kappa shape index (κ3) is 5.92. The molecule has 1 aliphatic carbocycles. The van der Waals surface area contributed by atoms with E-state index in [9.17, 15) is 28.6 Å². The lowest BCUT2D eigenvalue weighted by Gasteiger charge is -2.38. The second-order valence-electron chi connectivity index (χ2n) is 9.48. The van der Waals surface area contributed by atoms with Gasteiger partial charge in [-0.3, -0.25) is 15.0 Å². The Morgan fingerprint density at radius 3 is 2.43 bits per heavy atom. The zero-order chi connectivity index (χ0) is 26.4. The number of rotatable bonds is 6. The second kappa shape index (κ2) is 11.7. The smallest absolute Gasteiger partial charge is 0.321 e.